The van der Waals surface area contributed by atoms with E-state index in [-0.39, 0.29) is 22.4 Å². The fraction of sp³-hybridized carbons (Fsp3) is 0.379. The monoisotopic (exact) mass is 519 g/mol. The molecule has 0 atom stereocenters. The number of ether oxygens (including phenoxy) is 2. The predicted molar refractivity (Wildman–Crippen MR) is 148 cm³/mol. The van der Waals surface area contributed by atoms with Gasteiger partial charge in [-0.2, -0.15) is 9.50 Å². The molecule has 0 unspecified atom stereocenters. The largest absolute Gasteiger partial charge is 0.494 e. The minimum atomic E-state index is -0.358. The highest BCUT2D eigenvalue weighted by Crippen LogP contribution is 2.41. The summed E-state index contributed by atoms with van der Waals surface area (Å²) in [4.78, 5) is 30.3. The molecule has 0 N–H and O–H groups in total. The molecule has 0 aliphatic carbocycles. The molecule has 4 aromatic rings. The molecular formula is C29H33N3O4S. The molecule has 2 aromatic heterocycles. The maximum Gasteiger partial charge on any atom is 0.308 e. The Morgan fingerprint density at radius 1 is 1.03 bits per heavy atom. The van der Waals surface area contributed by atoms with Gasteiger partial charge in [-0.25, -0.2) is 0 Å². The second-order valence-electron chi connectivity index (χ2n) is 11.0. The first-order valence-electron chi connectivity index (χ1n) is 12.3. The van der Waals surface area contributed by atoms with E-state index < -0.39 is 0 Å². The number of hydrogen-bond acceptors (Lipinski definition) is 7. The third-order valence-corrected chi connectivity index (χ3v) is 6.84. The maximum absolute atomic E-state index is 13.2. The lowest BCUT2D eigenvalue weighted by Crippen LogP contribution is -2.24. The van der Waals surface area contributed by atoms with Gasteiger partial charge < -0.3 is 9.47 Å². The normalized spacial score (nSPS) is 12.8. The number of aromatic nitrogens is 3. The summed E-state index contributed by atoms with van der Waals surface area (Å²) in [5.41, 5.74) is 2.70. The number of carbonyl (C=O) groups is 1. The molecule has 2 heterocycles. The molecule has 0 saturated heterocycles. The Bertz CT molecular complexity index is 1530. The number of thiazole rings is 1. The highest BCUT2D eigenvalue weighted by Gasteiger charge is 2.28. The summed E-state index contributed by atoms with van der Waals surface area (Å²) in [5, 5.41) is 4.47. The van der Waals surface area contributed by atoms with Crippen LogP contribution in [0.2, 0.25) is 0 Å². The molecule has 0 aliphatic heterocycles. The van der Waals surface area contributed by atoms with Gasteiger partial charge in [-0.05, 0) is 65.8 Å². The van der Waals surface area contributed by atoms with Gasteiger partial charge in [-0.1, -0.05) is 52.9 Å². The van der Waals surface area contributed by atoms with E-state index in [0.717, 1.165) is 28.0 Å². The van der Waals surface area contributed by atoms with Crippen LogP contribution in [0.25, 0.3) is 22.4 Å². The van der Waals surface area contributed by atoms with Crippen molar-refractivity contribution in [3.8, 4) is 22.9 Å². The van der Waals surface area contributed by atoms with E-state index in [1.54, 1.807) is 0 Å². The van der Waals surface area contributed by atoms with E-state index in [9.17, 15) is 9.59 Å². The smallest absolute Gasteiger partial charge is 0.308 e. The number of carbonyl (C=O) groups excluding carboxylic acids is 1. The number of nitrogens with zero attached hydrogens (tertiary/aromatic N) is 3. The highest BCUT2D eigenvalue weighted by molar-refractivity contribution is 7.15. The van der Waals surface area contributed by atoms with Crippen LogP contribution in [-0.4, -0.2) is 27.2 Å². The second kappa shape index (κ2) is 9.74. The predicted octanol–water partition coefficient (Wildman–Crippen LogP) is 5.28. The SMILES string of the molecule is CCOc1ccc(-c2nc3s/c(=C\c4cc(C(C)(C)C)c(OC(C)=O)c(C(C)(C)C)c4)c(=O)n3n2)cc1. The van der Waals surface area contributed by atoms with Crippen LogP contribution in [0.1, 0.15) is 72.1 Å². The summed E-state index contributed by atoms with van der Waals surface area (Å²) in [6, 6.07) is 11.5. The molecule has 0 saturated carbocycles. The van der Waals surface area contributed by atoms with Crippen molar-refractivity contribution in [3.63, 3.8) is 0 Å². The standard InChI is InChI=1S/C29H33N3O4S/c1-9-35-20-12-10-19(11-13-20)25-30-27-32(31-25)26(34)23(37-27)16-18-14-21(28(3,4)5)24(36-17(2)33)22(15-18)29(6,7)8/h10-16H,9H2,1-8H3/b23-16-. The van der Waals surface area contributed by atoms with Crippen LogP contribution < -0.4 is 19.6 Å². The van der Waals surface area contributed by atoms with Crippen molar-refractivity contribution in [2.45, 2.75) is 66.2 Å². The Labute approximate surface area is 220 Å². The molecule has 4 rings (SSSR count). The van der Waals surface area contributed by atoms with Gasteiger partial charge in [0.25, 0.3) is 5.56 Å². The first-order chi connectivity index (χ1) is 17.3. The third-order valence-electron chi connectivity index (χ3n) is 5.88. The van der Waals surface area contributed by atoms with Crippen molar-refractivity contribution >= 4 is 28.3 Å². The zero-order valence-electron chi connectivity index (χ0n) is 22.6. The van der Waals surface area contributed by atoms with E-state index in [1.165, 1.54) is 22.8 Å². The van der Waals surface area contributed by atoms with E-state index in [2.05, 4.69) is 51.6 Å². The maximum atomic E-state index is 13.2. The Morgan fingerprint density at radius 2 is 1.62 bits per heavy atom. The minimum Gasteiger partial charge on any atom is -0.494 e. The molecule has 0 spiro atoms. The summed E-state index contributed by atoms with van der Waals surface area (Å²) < 4.78 is 13.1. The van der Waals surface area contributed by atoms with Crippen molar-refractivity contribution < 1.29 is 14.3 Å². The summed E-state index contributed by atoms with van der Waals surface area (Å²) in [6.45, 7) is 16.4. The van der Waals surface area contributed by atoms with E-state index in [4.69, 9.17) is 9.47 Å². The molecule has 8 heteroatoms. The van der Waals surface area contributed by atoms with Crippen molar-refractivity contribution in [1.82, 2.24) is 14.6 Å². The Hall–Kier alpha value is -3.52. The third kappa shape index (κ3) is 5.59. The van der Waals surface area contributed by atoms with Crippen molar-refractivity contribution in [1.29, 1.82) is 0 Å². The lowest BCUT2D eigenvalue weighted by Gasteiger charge is -2.29. The van der Waals surface area contributed by atoms with Gasteiger partial charge in [0, 0.05) is 23.6 Å². The van der Waals surface area contributed by atoms with Crippen LogP contribution in [0.3, 0.4) is 0 Å². The van der Waals surface area contributed by atoms with Gasteiger partial charge in [0.15, 0.2) is 5.82 Å². The summed E-state index contributed by atoms with van der Waals surface area (Å²) in [6.07, 6.45) is 1.86. The molecule has 0 fully saturated rings. The molecular weight excluding hydrogens is 486 g/mol. The number of fused-ring (bicyclic) bond motifs is 1. The molecule has 0 bridgehead atoms. The topological polar surface area (TPSA) is 82.8 Å². The lowest BCUT2D eigenvalue weighted by atomic mass is 9.78. The van der Waals surface area contributed by atoms with Gasteiger partial charge in [0.1, 0.15) is 11.5 Å². The first kappa shape index (κ1) is 26.5. The molecule has 2 aromatic carbocycles. The zero-order valence-corrected chi connectivity index (χ0v) is 23.4. The fourth-order valence-electron chi connectivity index (χ4n) is 4.08. The van der Waals surface area contributed by atoms with Crippen LogP contribution >= 0.6 is 11.3 Å². The first-order valence-corrected chi connectivity index (χ1v) is 13.1. The molecule has 7 nitrogen and oxygen atoms in total. The van der Waals surface area contributed by atoms with Gasteiger partial charge >= 0.3 is 5.97 Å². The van der Waals surface area contributed by atoms with Gasteiger partial charge in [0.2, 0.25) is 4.96 Å². The second-order valence-corrected chi connectivity index (χ2v) is 12.1. The van der Waals surface area contributed by atoms with Crippen molar-refractivity contribution in [3.05, 3.63) is 68.0 Å². The van der Waals surface area contributed by atoms with Crippen LogP contribution in [0.15, 0.2) is 41.2 Å². The average molecular weight is 520 g/mol. The van der Waals surface area contributed by atoms with Gasteiger partial charge in [0.05, 0.1) is 11.1 Å². The number of rotatable bonds is 5. The van der Waals surface area contributed by atoms with Gasteiger partial charge in [-0.3, -0.25) is 9.59 Å². The summed E-state index contributed by atoms with van der Waals surface area (Å²) in [7, 11) is 0. The zero-order chi connectivity index (χ0) is 27.1. The van der Waals surface area contributed by atoms with Crippen LogP contribution in [0.5, 0.6) is 11.5 Å². The Morgan fingerprint density at radius 3 is 2.11 bits per heavy atom. The number of benzene rings is 2. The fourth-order valence-corrected chi connectivity index (χ4v) is 4.98. The van der Waals surface area contributed by atoms with Crippen molar-refractivity contribution in [2.75, 3.05) is 6.61 Å². The quantitative estimate of drug-likeness (QED) is 0.263. The van der Waals surface area contributed by atoms with Crippen molar-refractivity contribution in [2.24, 2.45) is 0 Å². The van der Waals surface area contributed by atoms with E-state index >= 15 is 0 Å². The molecule has 194 valence electrons. The van der Waals surface area contributed by atoms with Crippen LogP contribution in [0.4, 0.5) is 0 Å². The molecule has 37 heavy (non-hydrogen) atoms. The minimum absolute atomic E-state index is 0.219. The molecule has 0 amide bonds. The number of esters is 1. The van der Waals surface area contributed by atoms with E-state index in [1.807, 2.05) is 49.4 Å². The lowest BCUT2D eigenvalue weighted by molar-refractivity contribution is -0.132. The molecule has 0 radical (unpaired) electrons. The highest BCUT2D eigenvalue weighted by atomic mass is 32.1. The van der Waals surface area contributed by atoms with Gasteiger partial charge in [-0.15, -0.1) is 5.10 Å². The Kier molecular flexibility index (Phi) is 6.99. The van der Waals surface area contributed by atoms with Crippen LogP contribution in [0, 0.1) is 0 Å². The number of hydrogen-bond donors (Lipinski definition) is 0. The molecule has 0 aliphatic rings. The van der Waals surface area contributed by atoms with Crippen LogP contribution in [-0.2, 0) is 15.6 Å². The summed E-state index contributed by atoms with van der Waals surface area (Å²) >= 11 is 1.30. The van der Waals surface area contributed by atoms with E-state index in [0.29, 0.717) is 27.7 Å². The average Bonchev–Trinajstić information content (AvgIpc) is 3.33. The summed E-state index contributed by atoms with van der Waals surface area (Å²) in [5.74, 6) is 1.50. The Balaban J connectivity index is 1.82.